The molecular formula is C15H20N4. The van der Waals surface area contributed by atoms with E-state index < -0.39 is 0 Å². The first-order valence-corrected chi connectivity index (χ1v) is 7.31. The molecule has 2 aliphatic rings. The van der Waals surface area contributed by atoms with Crippen molar-refractivity contribution in [3.05, 3.63) is 24.3 Å². The van der Waals surface area contributed by atoms with Crippen molar-refractivity contribution in [2.75, 3.05) is 13.1 Å². The van der Waals surface area contributed by atoms with Crippen LogP contribution in [0, 0.1) is 0 Å². The zero-order valence-electron chi connectivity index (χ0n) is 11.4. The van der Waals surface area contributed by atoms with E-state index >= 15 is 0 Å². The van der Waals surface area contributed by atoms with E-state index in [-0.39, 0.29) is 5.41 Å². The fourth-order valence-corrected chi connectivity index (χ4v) is 3.28. The van der Waals surface area contributed by atoms with E-state index in [1.54, 1.807) is 0 Å². The van der Waals surface area contributed by atoms with Crippen LogP contribution >= 0.6 is 0 Å². The van der Waals surface area contributed by atoms with Crippen LogP contribution < -0.4 is 5.32 Å². The highest BCUT2D eigenvalue weighted by Crippen LogP contribution is 2.43. The number of fused-ring (bicyclic) bond motifs is 1. The molecule has 19 heavy (non-hydrogen) atoms. The summed E-state index contributed by atoms with van der Waals surface area (Å²) >= 11 is 0. The lowest BCUT2D eigenvalue weighted by molar-refractivity contribution is 0.310. The number of nitrogens with one attached hydrogen (secondary N) is 1. The van der Waals surface area contributed by atoms with Gasteiger partial charge in [-0.1, -0.05) is 6.92 Å². The molecular weight excluding hydrogens is 236 g/mol. The van der Waals surface area contributed by atoms with Crippen LogP contribution in [0.25, 0.3) is 11.0 Å². The quantitative estimate of drug-likeness (QED) is 0.897. The first kappa shape index (κ1) is 11.4. The summed E-state index contributed by atoms with van der Waals surface area (Å²) in [5.41, 5.74) is 2.55. The maximum Gasteiger partial charge on any atom is 0.116 e. The summed E-state index contributed by atoms with van der Waals surface area (Å²) in [6.07, 6.45) is 8.75. The molecule has 1 saturated heterocycles. The van der Waals surface area contributed by atoms with Crippen molar-refractivity contribution in [1.29, 1.82) is 0 Å². The molecule has 0 amide bonds. The van der Waals surface area contributed by atoms with Crippen LogP contribution in [0.2, 0.25) is 0 Å². The van der Waals surface area contributed by atoms with Gasteiger partial charge >= 0.3 is 0 Å². The maximum atomic E-state index is 4.94. The first-order chi connectivity index (χ1) is 9.28. The number of piperidine rings is 1. The summed E-state index contributed by atoms with van der Waals surface area (Å²) in [6.45, 7) is 4.58. The van der Waals surface area contributed by atoms with Crippen LogP contribution in [0.4, 0.5) is 0 Å². The highest BCUT2D eigenvalue weighted by molar-refractivity contribution is 5.75. The topological polar surface area (TPSA) is 42.7 Å². The Morgan fingerprint density at radius 1 is 1.32 bits per heavy atom. The zero-order chi connectivity index (χ0) is 12.9. The second-order valence-electron chi connectivity index (χ2n) is 6.21. The van der Waals surface area contributed by atoms with Gasteiger partial charge < -0.3 is 9.88 Å². The monoisotopic (exact) mass is 256 g/mol. The highest BCUT2D eigenvalue weighted by atomic mass is 15.1. The summed E-state index contributed by atoms with van der Waals surface area (Å²) in [6, 6.07) is 2.79. The Balaban J connectivity index is 1.90. The smallest absolute Gasteiger partial charge is 0.116 e. The van der Waals surface area contributed by atoms with E-state index in [1.807, 2.05) is 12.4 Å². The van der Waals surface area contributed by atoms with Gasteiger partial charge in [-0.05, 0) is 44.8 Å². The second-order valence-corrected chi connectivity index (χ2v) is 6.21. The van der Waals surface area contributed by atoms with E-state index in [4.69, 9.17) is 4.98 Å². The minimum Gasteiger partial charge on any atom is -0.324 e. The third-order valence-electron chi connectivity index (χ3n) is 4.65. The molecule has 0 atom stereocenters. The van der Waals surface area contributed by atoms with Crippen LogP contribution in [0.15, 0.2) is 18.5 Å². The van der Waals surface area contributed by atoms with Crippen molar-refractivity contribution >= 4 is 11.0 Å². The van der Waals surface area contributed by atoms with Gasteiger partial charge in [0.25, 0.3) is 0 Å². The van der Waals surface area contributed by atoms with Crippen LogP contribution in [0.3, 0.4) is 0 Å². The van der Waals surface area contributed by atoms with Crippen molar-refractivity contribution in [3.8, 4) is 0 Å². The molecule has 2 aromatic heterocycles. The van der Waals surface area contributed by atoms with Crippen molar-refractivity contribution in [1.82, 2.24) is 19.9 Å². The largest absolute Gasteiger partial charge is 0.324 e. The molecule has 0 spiro atoms. The van der Waals surface area contributed by atoms with Crippen LogP contribution in [0.1, 0.15) is 44.5 Å². The van der Waals surface area contributed by atoms with Crippen LogP contribution in [-0.4, -0.2) is 27.6 Å². The normalized spacial score (nSPS) is 22.8. The Labute approximate surface area is 113 Å². The van der Waals surface area contributed by atoms with Gasteiger partial charge in [-0.15, -0.1) is 0 Å². The first-order valence-electron chi connectivity index (χ1n) is 7.31. The number of imidazole rings is 1. The van der Waals surface area contributed by atoms with Crippen molar-refractivity contribution < 1.29 is 0 Å². The van der Waals surface area contributed by atoms with E-state index in [9.17, 15) is 0 Å². The number of rotatable bonds is 2. The summed E-state index contributed by atoms with van der Waals surface area (Å²) in [4.78, 5) is 9.17. The van der Waals surface area contributed by atoms with E-state index in [0.717, 1.165) is 18.6 Å². The molecule has 0 radical (unpaired) electrons. The fourth-order valence-electron chi connectivity index (χ4n) is 3.28. The third kappa shape index (κ3) is 1.77. The minimum absolute atomic E-state index is 0.215. The van der Waals surface area contributed by atoms with Gasteiger partial charge in [0.05, 0.1) is 11.7 Å². The average molecular weight is 256 g/mol. The Morgan fingerprint density at radius 2 is 2.11 bits per heavy atom. The molecule has 4 nitrogen and oxygen atoms in total. The predicted molar refractivity (Wildman–Crippen MR) is 75.3 cm³/mol. The predicted octanol–water partition coefficient (Wildman–Crippen LogP) is 2.41. The van der Waals surface area contributed by atoms with Crippen LogP contribution in [-0.2, 0) is 5.41 Å². The lowest BCUT2D eigenvalue weighted by atomic mass is 9.80. The Hall–Kier alpha value is -1.42. The number of nitrogens with zero attached hydrogens (tertiary/aromatic N) is 3. The Bertz CT molecular complexity index is 606. The molecule has 1 aliphatic heterocycles. The standard InChI is InChI=1S/C15H20N4/c1-15(5-8-16-9-6-15)14-18-12-10-17-7-4-13(12)19(14)11-2-3-11/h4,7,10-11,16H,2-3,5-6,8-9H2,1H3. The Kier molecular flexibility index (Phi) is 2.42. The number of pyridine rings is 1. The van der Waals surface area contributed by atoms with Crippen molar-refractivity contribution in [3.63, 3.8) is 0 Å². The maximum absolute atomic E-state index is 4.94. The summed E-state index contributed by atoms with van der Waals surface area (Å²) in [5.74, 6) is 1.29. The Morgan fingerprint density at radius 3 is 2.84 bits per heavy atom. The molecule has 4 heteroatoms. The van der Waals surface area contributed by atoms with Crippen molar-refractivity contribution in [2.24, 2.45) is 0 Å². The van der Waals surface area contributed by atoms with E-state index in [1.165, 1.54) is 37.0 Å². The van der Waals surface area contributed by atoms with Gasteiger partial charge in [0, 0.05) is 17.7 Å². The third-order valence-corrected chi connectivity index (χ3v) is 4.65. The van der Waals surface area contributed by atoms with E-state index in [0.29, 0.717) is 6.04 Å². The summed E-state index contributed by atoms with van der Waals surface area (Å²) in [7, 11) is 0. The molecule has 2 fully saturated rings. The van der Waals surface area contributed by atoms with Gasteiger partial charge in [0.15, 0.2) is 0 Å². The fraction of sp³-hybridized carbons (Fsp3) is 0.600. The molecule has 2 aromatic rings. The van der Waals surface area contributed by atoms with Gasteiger partial charge in [0.2, 0.25) is 0 Å². The van der Waals surface area contributed by atoms with Gasteiger partial charge in [-0.2, -0.15) is 0 Å². The van der Waals surface area contributed by atoms with Gasteiger partial charge in [-0.3, -0.25) is 4.98 Å². The molecule has 4 rings (SSSR count). The van der Waals surface area contributed by atoms with Crippen LogP contribution in [0.5, 0.6) is 0 Å². The minimum atomic E-state index is 0.215. The second kappa shape index (κ2) is 4.04. The molecule has 1 saturated carbocycles. The van der Waals surface area contributed by atoms with Gasteiger partial charge in [-0.25, -0.2) is 4.98 Å². The molecule has 100 valence electrons. The number of hydrogen-bond donors (Lipinski definition) is 1. The van der Waals surface area contributed by atoms with Crippen molar-refractivity contribution in [2.45, 2.75) is 44.1 Å². The van der Waals surface area contributed by atoms with Gasteiger partial charge in [0.1, 0.15) is 11.3 Å². The zero-order valence-corrected chi connectivity index (χ0v) is 11.4. The number of aromatic nitrogens is 3. The lowest BCUT2D eigenvalue weighted by Crippen LogP contribution is -2.39. The highest BCUT2D eigenvalue weighted by Gasteiger charge is 2.38. The molecule has 3 heterocycles. The number of hydrogen-bond acceptors (Lipinski definition) is 3. The molecule has 0 bridgehead atoms. The summed E-state index contributed by atoms with van der Waals surface area (Å²) < 4.78 is 2.50. The molecule has 1 aliphatic carbocycles. The van der Waals surface area contributed by atoms with E-state index in [2.05, 4.69) is 27.9 Å². The SMILES string of the molecule is CC1(c2nc3cnccc3n2C2CC2)CCNCC1. The molecule has 0 aromatic carbocycles. The summed E-state index contributed by atoms with van der Waals surface area (Å²) in [5, 5.41) is 3.46. The molecule has 0 unspecified atom stereocenters. The molecule has 1 N–H and O–H groups in total. The average Bonchev–Trinajstić information content (AvgIpc) is 3.19. The lowest BCUT2D eigenvalue weighted by Gasteiger charge is -2.34.